The molecule has 1 atom stereocenters. The molecule has 0 aliphatic rings. The van der Waals surface area contributed by atoms with Crippen LogP contribution >= 0.6 is 0 Å². The fourth-order valence-corrected chi connectivity index (χ4v) is 9.81. The summed E-state index contributed by atoms with van der Waals surface area (Å²) in [6.45, 7) is 6.60. The monoisotopic (exact) mass is 1020 g/mol. The summed E-state index contributed by atoms with van der Waals surface area (Å²) in [5.74, 6) is -0.852. The average Bonchev–Trinajstić information content (AvgIpc) is 3.39. The lowest BCUT2D eigenvalue weighted by Gasteiger charge is -2.18. The lowest BCUT2D eigenvalue weighted by molar-refractivity contribution is -0.167. The highest BCUT2D eigenvalue weighted by atomic mass is 16.6. The Bertz CT molecular complexity index is 1220. The molecule has 73 heavy (non-hydrogen) atoms. The Morgan fingerprint density at radius 2 is 0.534 bits per heavy atom. The zero-order valence-corrected chi connectivity index (χ0v) is 49.2. The van der Waals surface area contributed by atoms with Crippen LogP contribution in [0, 0.1) is 0 Å². The number of hydrogen-bond acceptors (Lipinski definition) is 6. The molecule has 0 fully saturated rings. The van der Waals surface area contributed by atoms with Gasteiger partial charge in [-0.3, -0.25) is 14.4 Å². The van der Waals surface area contributed by atoms with E-state index in [-0.39, 0.29) is 31.1 Å². The second-order valence-electron chi connectivity index (χ2n) is 22.0. The first-order valence-electron chi connectivity index (χ1n) is 32.5. The van der Waals surface area contributed by atoms with Crippen molar-refractivity contribution in [2.24, 2.45) is 0 Å². The number of hydrogen-bond donors (Lipinski definition) is 0. The molecule has 1 unspecified atom stereocenters. The van der Waals surface area contributed by atoms with Crippen LogP contribution < -0.4 is 0 Å². The second-order valence-corrected chi connectivity index (χ2v) is 22.0. The van der Waals surface area contributed by atoms with Crippen molar-refractivity contribution in [3.63, 3.8) is 0 Å². The molecule has 0 aliphatic heterocycles. The second kappa shape index (κ2) is 62.2. The molecule has 0 radical (unpaired) electrons. The van der Waals surface area contributed by atoms with Crippen LogP contribution in [0.15, 0.2) is 36.5 Å². The van der Waals surface area contributed by atoms with Crippen molar-refractivity contribution in [3.05, 3.63) is 36.5 Å². The van der Waals surface area contributed by atoms with Crippen LogP contribution in [-0.4, -0.2) is 37.2 Å². The topological polar surface area (TPSA) is 78.9 Å². The molecule has 0 spiro atoms. The highest BCUT2D eigenvalue weighted by Crippen LogP contribution is 2.18. The predicted molar refractivity (Wildman–Crippen MR) is 316 cm³/mol. The fourth-order valence-electron chi connectivity index (χ4n) is 9.81. The van der Waals surface area contributed by atoms with E-state index < -0.39 is 6.10 Å². The van der Waals surface area contributed by atoms with Gasteiger partial charge in [0.2, 0.25) is 0 Å². The van der Waals surface area contributed by atoms with Crippen LogP contribution in [0.4, 0.5) is 0 Å². The van der Waals surface area contributed by atoms with Gasteiger partial charge in [0.25, 0.3) is 0 Å². The number of rotatable bonds is 60. The Labute approximate surface area is 455 Å². The van der Waals surface area contributed by atoms with Crippen LogP contribution in [0.1, 0.15) is 355 Å². The minimum atomic E-state index is -0.773. The molecule has 0 amide bonds. The molecule has 428 valence electrons. The van der Waals surface area contributed by atoms with Crippen molar-refractivity contribution in [2.75, 3.05) is 13.2 Å². The largest absolute Gasteiger partial charge is 0.462 e. The van der Waals surface area contributed by atoms with E-state index in [1.165, 1.54) is 231 Å². The summed E-state index contributed by atoms with van der Waals surface area (Å²) in [5, 5.41) is 0. The molecule has 6 heteroatoms. The Balaban J connectivity index is 4.32. The van der Waals surface area contributed by atoms with Gasteiger partial charge in [0, 0.05) is 19.3 Å². The number of carbonyl (C=O) groups is 3. The lowest BCUT2D eigenvalue weighted by atomic mass is 10.0. The summed E-state index contributed by atoms with van der Waals surface area (Å²) in [5.41, 5.74) is 0. The van der Waals surface area contributed by atoms with Crippen LogP contribution in [0.5, 0.6) is 0 Å². The molecule has 0 N–H and O–H groups in total. The molecule has 0 aromatic carbocycles. The predicted octanol–water partition coefficient (Wildman–Crippen LogP) is 22.0. The summed E-state index contributed by atoms with van der Waals surface area (Å²) >= 11 is 0. The van der Waals surface area contributed by atoms with Gasteiger partial charge in [0.15, 0.2) is 6.10 Å². The summed E-state index contributed by atoms with van der Waals surface area (Å²) in [6, 6.07) is 0. The van der Waals surface area contributed by atoms with Crippen molar-refractivity contribution in [1.29, 1.82) is 0 Å². The van der Waals surface area contributed by atoms with Gasteiger partial charge in [0.1, 0.15) is 13.2 Å². The Morgan fingerprint density at radius 1 is 0.288 bits per heavy atom. The fraction of sp³-hybridized carbons (Fsp3) is 0.866. The Hall–Kier alpha value is -2.37. The van der Waals surface area contributed by atoms with Crippen LogP contribution in [0.25, 0.3) is 0 Å². The summed E-state index contributed by atoms with van der Waals surface area (Å²) in [4.78, 5) is 38.3. The van der Waals surface area contributed by atoms with E-state index in [1.54, 1.807) is 0 Å². The summed E-state index contributed by atoms with van der Waals surface area (Å²) < 4.78 is 17.0. The Morgan fingerprint density at radius 3 is 0.836 bits per heavy atom. The first-order valence-corrected chi connectivity index (χ1v) is 32.5. The maximum atomic E-state index is 12.9. The van der Waals surface area contributed by atoms with Crippen molar-refractivity contribution in [3.8, 4) is 0 Å². The first kappa shape index (κ1) is 70.6. The zero-order chi connectivity index (χ0) is 52.9. The maximum absolute atomic E-state index is 12.9. The van der Waals surface area contributed by atoms with Gasteiger partial charge in [-0.1, -0.05) is 320 Å². The molecule has 0 aliphatic carbocycles. The number of unbranched alkanes of at least 4 members (excludes halogenated alkanes) is 43. The molecule has 0 saturated heterocycles. The van der Waals surface area contributed by atoms with Gasteiger partial charge in [-0.25, -0.2) is 0 Å². The lowest BCUT2D eigenvalue weighted by Crippen LogP contribution is -2.30. The van der Waals surface area contributed by atoms with Crippen LogP contribution in [0.3, 0.4) is 0 Å². The molecule has 0 aromatic heterocycles. The summed E-state index contributed by atoms with van der Waals surface area (Å²) in [6.07, 6.45) is 75.8. The zero-order valence-electron chi connectivity index (χ0n) is 49.2. The standard InChI is InChI=1S/C67H124O6/c1-4-7-10-13-16-19-22-25-28-31-33-36-39-42-45-48-51-54-57-60-66(69)72-63-64(62-71-65(68)59-56-53-50-47-44-41-38-35-30-27-24-21-18-15-12-9-6-3)73-67(70)61-58-55-52-49-46-43-40-37-34-32-29-26-23-20-17-14-11-8-5-2/h9,12,18,21,27,30,64H,4-8,10-11,13-17,19-20,22-26,28-29,31-63H2,1-3H3/b12-9-,21-18-,30-27-. The minimum absolute atomic E-state index is 0.0695. The number of ether oxygens (including phenoxy) is 3. The van der Waals surface area contributed by atoms with E-state index in [1.807, 2.05) is 0 Å². The van der Waals surface area contributed by atoms with E-state index in [9.17, 15) is 14.4 Å². The van der Waals surface area contributed by atoms with Crippen molar-refractivity contribution in [2.45, 2.75) is 361 Å². The quantitative estimate of drug-likeness (QED) is 0.0261. The smallest absolute Gasteiger partial charge is 0.306 e. The van der Waals surface area contributed by atoms with E-state index in [2.05, 4.69) is 57.2 Å². The normalized spacial score (nSPS) is 12.2. The molecule has 0 heterocycles. The van der Waals surface area contributed by atoms with Gasteiger partial charge in [-0.15, -0.1) is 0 Å². The third-order valence-electron chi connectivity index (χ3n) is 14.7. The average molecular weight is 1030 g/mol. The Kier molecular flexibility index (Phi) is 60.2. The van der Waals surface area contributed by atoms with Gasteiger partial charge in [0.05, 0.1) is 0 Å². The van der Waals surface area contributed by atoms with E-state index in [4.69, 9.17) is 14.2 Å². The van der Waals surface area contributed by atoms with Gasteiger partial charge >= 0.3 is 17.9 Å². The highest BCUT2D eigenvalue weighted by molar-refractivity contribution is 5.71. The SMILES string of the molecule is CC/C=C\C/C=C\C/C=C\CCCCCCCCCC(=O)OCC(COC(=O)CCCCCCCCCCCCCCCCCCCCC)OC(=O)CCCCCCCCCCCCCCCCCCCCC. The van der Waals surface area contributed by atoms with E-state index >= 15 is 0 Å². The third-order valence-corrected chi connectivity index (χ3v) is 14.7. The van der Waals surface area contributed by atoms with Crippen LogP contribution in [-0.2, 0) is 28.6 Å². The van der Waals surface area contributed by atoms with E-state index in [0.29, 0.717) is 19.3 Å². The van der Waals surface area contributed by atoms with E-state index in [0.717, 1.165) is 83.5 Å². The summed E-state index contributed by atoms with van der Waals surface area (Å²) in [7, 11) is 0. The number of allylic oxidation sites excluding steroid dienone is 6. The first-order chi connectivity index (χ1) is 36.0. The van der Waals surface area contributed by atoms with Gasteiger partial charge in [-0.2, -0.15) is 0 Å². The van der Waals surface area contributed by atoms with Gasteiger partial charge < -0.3 is 14.2 Å². The maximum Gasteiger partial charge on any atom is 0.306 e. The third kappa shape index (κ3) is 60.4. The molecular formula is C67H124O6. The molecule has 0 rings (SSSR count). The molecular weight excluding hydrogens is 901 g/mol. The number of esters is 3. The molecule has 6 nitrogen and oxygen atoms in total. The minimum Gasteiger partial charge on any atom is -0.462 e. The van der Waals surface area contributed by atoms with Crippen LogP contribution in [0.2, 0.25) is 0 Å². The molecule has 0 saturated carbocycles. The van der Waals surface area contributed by atoms with Gasteiger partial charge in [-0.05, 0) is 51.4 Å². The molecule has 0 aromatic rings. The van der Waals surface area contributed by atoms with Crippen molar-refractivity contribution in [1.82, 2.24) is 0 Å². The number of carbonyl (C=O) groups excluding carboxylic acids is 3. The van der Waals surface area contributed by atoms with Crippen molar-refractivity contribution >= 4 is 17.9 Å². The molecule has 0 bridgehead atoms. The highest BCUT2D eigenvalue weighted by Gasteiger charge is 2.19. The van der Waals surface area contributed by atoms with Crippen molar-refractivity contribution < 1.29 is 28.6 Å².